The first-order chi connectivity index (χ1) is 8.70. The van der Waals surface area contributed by atoms with E-state index in [0.717, 1.165) is 22.4 Å². The molecule has 0 radical (unpaired) electrons. The maximum atomic E-state index is 12.0. The van der Waals surface area contributed by atoms with Gasteiger partial charge in [-0.05, 0) is 28.9 Å². The Balaban J connectivity index is 1.91. The van der Waals surface area contributed by atoms with Gasteiger partial charge in [0.25, 0.3) is 5.91 Å². The third-order valence-electron chi connectivity index (χ3n) is 2.54. The van der Waals surface area contributed by atoms with Crippen molar-refractivity contribution in [2.75, 3.05) is 6.54 Å². The molecule has 0 atom stereocenters. The Labute approximate surface area is 118 Å². The summed E-state index contributed by atoms with van der Waals surface area (Å²) in [6.07, 6.45) is 4.47. The van der Waals surface area contributed by atoms with E-state index in [2.05, 4.69) is 26.2 Å². The highest BCUT2D eigenvalue weighted by molar-refractivity contribution is 9.10. The molecule has 96 valence electrons. The SMILES string of the molecule is CCn1cc(Br)cc1C(=O)NCCc1nccs1. The standard InChI is InChI=1S/C12H14BrN3OS/c1-2-16-8-9(13)7-10(16)12(17)15-4-3-11-14-5-6-18-11/h5-8H,2-4H2,1H3,(H,15,17). The Kier molecular flexibility index (Phi) is 4.54. The van der Waals surface area contributed by atoms with E-state index in [0.29, 0.717) is 12.2 Å². The summed E-state index contributed by atoms with van der Waals surface area (Å²) in [6, 6.07) is 1.84. The van der Waals surface area contributed by atoms with E-state index in [9.17, 15) is 4.79 Å². The van der Waals surface area contributed by atoms with E-state index in [4.69, 9.17) is 0 Å². The van der Waals surface area contributed by atoms with Gasteiger partial charge in [-0.3, -0.25) is 4.79 Å². The number of nitrogens with one attached hydrogen (secondary N) is 1. The van der Waals surface area contributed by atoms with E-state index in [1.54, 1.807) is 17.5 Å². The van der Waals surface area contributed by atoms with Gasteiger partial charge in [-0.1, -0.05) is 0 Å². The summed E-state index contributed by atoms with van der Waals surface area (Å²) < 4.78 is 2.84. The minimum atomic E-state index is -0.0425. The lowest BCUT2D eigenvalue weighted by Gasteiger charge is -2.06. The van der Waals surface area contributed by atoms with Gasteiger partial charge in [-0.2, -0.15) is 0 Å². The zero-order chi connectivity index (χ0) is 13.0. The number of thiazole rings is 1. The van der Waals surface area contributed by atoms with Crippen molar-refractivity contribution in [1.29, 1.82) is 0 Å². The van der Waals surface area contributed by atoms with Gasteiger partial charge in [0.15, 0.2) is 0 Å². The monoisotopic (exact) mass is 327 g/mol. The Bertz CT molecular complexity index is 521. The van der Waals surface area contributed by atoms with E-state index in [-0.39, 0.29) is 5.91 Å². The topological polar surface area (TPSA) is 46.9 Å². The third-order valence-corrected chi connectivity index (χ3v) is 3.82. The van der Waals surface area contributed by atoms with Crippen LogP contribution in [0.3, 0.4) is 0 Å². The molecule has 0 aliphatic heterocycles. The smallest absolute Gasteiger partial charge is 0.267 e. The number of rotatable bonds is 5. The van der Waals surface area contributed by atoms with E-state index < -0.39 is 0 Å². The molecule has 2 aromatic heterocycles. The molecule has 0 fully saturated rings. The van der Waals surface area contributed by atoms with Crippen LogP contribution in [0.2, 0.25) is 0 Å². The van der Waals surface area contributed by atoms with E-state index in [1.165, 1.54) is 0 Å². The lowest BCUT2D eigenvalue weighted by atomic mass is 10.3. The fourth-order valence-electron chi connectivity index (χ4n) is 1.68. The summed E-state index contributed by atoms with van der Waals surface area (Å²) in [6.45, 7) is 3.40. The minimum Gasteiger partial charge on any atom is -0.350 e. The van der Waals surface area contributed by atoms with Crippen molar-refractivity contribution in [3.63, 3.8) is 0 Å². The molecule has 0 aliphatic carbocycles. The van der Waals surface area contributed by atoms with Crippen molar-refractivity contribution in [3.8, 4) is 0 Å². The molecule has 18 heavy (non-hydrogen) atoms. The quantitative estimate of drug-likeness (QED) is 0.917. The largest absolute Gasteiger partial charge is 0.350 e. The summed E-state index contributed by atoms with van der Waals surface area (Å²) in [7, 11) is 0. The second-order valence-corrected chi connectivity index (χ2v) is 5.66. The Hall–Kier alpha value is -1.14. The van der Waals surface area contributed by atoms with Gasteiger partial charge in [-0.15, -0.1) is 11.3 Å². The number of hydrogen-bond donors (Lipinski definition) is 1. The maximum absolute atomic E-state index is 12.0. The number of amides is 1. The van der Waals surface area contributed by atoms with Crippen LogP contribution in [-0.2, 0) is 13.0 Å². The molecule has 6 heteroatoms. The fourth-order valence-corrected chi connectivity index (χ4v) is 2.76. The van der Waals surface area contributed by atoms with Crippen molar-refractivity contribution < 1.29 is 4.79 Å². The van der Waals surface area contributed by atoms with Crippen LogP contribution in [0.15, 0.2) is 28.3 Å². The first-order valence-corrected chi connectivity index (χ1v) is 7.40. The van der Waals surface area contributed by atoms with Crippen LogP contribution in [0.4, 0.5) is 0 Å². The summed E-state index contributed by atoms with van der Waals surface area (Å²) >= 11 is 4.99. The molecule has 0 saturated carbocycles. The van der Waals surface area contributed by atoms with Crippen molar-refractivity contribution in [1.82, 2.24) is 14.9 Å². The fraction of sp³-hybridized carbons (Fsp3) is 0.333. The molecule has 2 aromatic rings. The molecule has 0 bridgehead atoms. The van der Waals surface area contributed by atoms with Gasteiger partial charge in [0.2, 0.25) is 0 Å². The van der Waals surface area contributed by atoms with Crippen LogP contribution in [0.5, 0.6) is 0 Å². The molecule has 2 rings (SSSR count). The predicted molar refractivity (Wildman–Crippen MR) is 76.0 cm³/mol. The maximum Gasteiger partial charge on any atom is 0.267 e. The number of halogens is 1. The second kappa shape index (κ2) is 6.15. The van der Waals surface area contributed by atoms with Gasteiger partial charge in [0.1, 0.15) is 5.69 Å². The molecule has 1 amide bonds. The van der Waals surface area contributed by atoms with Crippen LogP contribution >= 0.6 is 27.3 Å². The van der Waals surface area contributed by atoms with Crippen LogP contribution in [0.25, 0.3) is 0 Å². The zero-order valence-electron chi connectivity index (χ0n) is 10.0. The Morgan fingerprint density at radius 3 is 3.11 bits per heavy atom. The summed E-state index contributed by atoms with van der Waals surface area (Å²) in [5.41, 5.74) is 0.684. The molecule has 0 saturated heterocycles. The minimum absolute atomic E-state index is 0.0425. The van der Waals surface area contributed by atoms with Crippen molar-refractivity contribution in [2.45, 2.75) is 19.9 Å². The molecular formula is C12H14BrN3OS. The average molecular weight is 328 g/mol. The number of carbonyl (C=O) groups excluding carboxylic acids is 1. The summed E-state index contributed by atoms with van der Waals surface area (Å²) in [5, 5.41) is 5.90. The summed E-state index contributed by atoms with van der Waals surface area (Å²) in [5.74, 6) is -0.0425. The molecule has 0 unspecified atom stereocenters. The normalized spacial score (nSPS) is 10.6. The first kappa shape index (κ1) is 13.3. The van der Waals surface area contributed by atoms with Crippen LogP contribution in [-0.4, -0.2) is 22.0 Å². The molecule has 1 N–H and O–H groups in total. The molecule has 4 nitrogen and oxygen atoms in total. The number of aromatic nitrogens is 2. The van der Waals surface area contributed by atoms with E-state index in [1.807, 2.05) is 29.1 Å². The van der Waals surface area contributed by atoms with Crippen LogP contribution in [0.1, 0.15) is 22.4 Å². The van der Waals surface area contributed by atoms with E-state index >= 15 is 0 Å². The lowest BCUT2D eigenvalue weighted by molar-refractivity contribution is 0.0945. The second-order valence-electron chi connectivity index (χ2n) is 3.76. The molecule has 0 spiro atoms. The predicted octanol–water partition coefficient (Wildman–Crippen LogP) is 2.70. The number of carbonyl (C=O) groups is 1. The van der Waals surface area contributed by atoms with Crippen molar-refractivity contribution in [3.05, 3.63) is 39.0 Å². The van der Waals surface area contributed by atoms with Gasteiger partial charge >= 0.3 is 0 Å². The molecule has 0 aromatic carbocycles. The molecule has 0 aliphatic rings. The Morgan fingerprint density at radius 1 is 1.61 bits per heavy atom. The van der Waals surface area contributed by atoms with Gasteiger partial charge in [0, 0.05) is 41.8 Å². The first-order valence-electron chi connectivity index (χ1n) is 5.73. The number of hydrogen-bond acceptors (Lipinski definition) is 3. The summed E-state index contributed by atoms with van der Waals surface area (Å²) in [4.78, 5) is 16.2. The highest BCUT2D eigenvalue weighted by Crippen LogP contribution is 2.14. The van der Waals surface area contributed by atoms with Crippen LogP contribution in [0, 0.1) is 0 Å². The third kappa shape index (κ3) is 3.20. The Morgan fingerprint density at radius 2 is 2.44 bits per heavy atom. The molecule has 2 heterocycles. The number of aryl methyl sites for hydroxylation is 1. The highest BCUT2D eigenvalue weighted by Gasteiger charge is 2.11. The van der Waals surface area contributed by atoms with Gasteiger partial charge < -0.3 is 9.88 Å². The number of nitrogens with zero attached hydrogens (tertiary/aromatic N) is 2. The van der Waals surface area contributed by atoms with Crippen LogP contribution < -0.4 is 5.32 Å². The van der Waals surface area contributed by atoms with Gasteiger partial charge in [0.05, 0.1) is 5.01 Å². The van der Waals surface area contributed by atoms with Gasteiger partial charge in [-0.25, -0.2) is 4.98 Å². The van der Waals surface area contributed by atoms with Crippen molar-refractivity contribution in [2.24, 2.45) is 0 Å². The average Bonchev–Trinajstić information content (AvgIpc) is 2.98. The zero-order valence-corrected chi connectivity index (χ0v) is 12.4. The highest BCUT2D eigenvalue weighted by atomic mass is 79.9. The molecular weight excluding hydrogens is 314 g/mol. The lowest BCUT2D eigenvalue weighted by Crippen LogP contribution is -2.27. The van der Waals surface area contributed by atoms with Crippen molar-refractivity contribution >= 4 is 33.2 Å².